The highest BCUT2D eigenvalue weighted by Gasteiger charge is 2.20. The van der Waals surface area contributed by atoms with Crippen molar-refractivity contribution < 1.29 is 9.53 Å². The van der Waals surface area contributed by atoms with Crippen molar-refractivity contribution >= 4 is 35.0 Å². The molecule has 0 aliphatic carbocycles. The molecule has 3 rings (SSSR count). The number of thioether (sulfide) groups is 1. The van der Waals surface area contributed by atoms with E-state index in [0.29, 0.717) is 21.7 Å². The Morgan fingerprint density at radius 3 is 2.63 bits per heavy atom. The molecule has 158 valence electrons. The van der Waals surface area contributed by atoms with Crippen molar-refractivity contribution in [2.24, 2.45) is 0 Å². The van der Waals surface area contributed by atoms with Gasteiger partial charge in [-0.1, -0.05) is 35.5 Å². The first-order chi connectivity index (χ1) is 14.2. The summed E-state index contributed by atoms with van der Waals surface area (Å²) in [5.41, 5.74) is 3.73. The number of nitrogens with one attached hydrogen (secondary N) is 1. The van der Waals surface area contributed by atoms with Gasteiger partial charge in [0.15, 0.2) is 5.82 Å². The zero-order valence-electron chi connectivity index (χ0n) is 17.3. The molecule has 2 aromatic carbocycles. The number of halogens is 1. The van der Waals surface area contributed by atoms with Crippen LogP contribution in [0.4, 0.5) is 5.69 Å². The number of nitrogens with two attached hydrogens (primary N) is 1. The molecule has 1 heterocycles. The Kier molecular flexibility index (Phi) is 6.89. The van der Waals surface area contributed by atoms with Crippen molar-refractivity contribution in [3.8, 4) is 5.75 Å². The molecule has 7 nitrogen and oxygen atoms in total. The van der Waals surface area contributed by atoms with E-state index >= 15 is 0 Å². The minimum absolute atomic E-state index is 0.176. The molecule has 3 aromatic rings. The van der Waals surface area contributed by atoms with E-state index in [1.165, 1.54) is 16.4 Å². The van der Waals surface area contributed by atoms with Gasteiger partial charge in [0.25, 0.3) is 0 Å². The number of rotatable bonds is 7. The Morgan fingerprint density at radius 2 is 1.93 bits per heavy atom. The number of hydrogen-bond acceptors (Lipinski definition) is 6. The van der Waals surface area contributed by atoms with E-state index in [2.05, 4.69) is 21.6 Å². The van der Waals surface area contributed by atoms with E-state index in [0.717, 1.165) is 22.4 Å². The third kappa shape index (κ3) is 5.25. The van der Waals surface area contributed by atoms with Gasteiger partial charge in [0.05, 0.1) is 5.25 Å². The van der Waals surface area contributed by atoms with Gasteiger partial charge in [-0.2, -0.15) is 0 Å². The van der Waals surface area contributed by atoms with Crippen LogP contribution in [0, 0.1) is 20.8 Å². The lowest BCUT2D eigenvalue weighted by Crippen LogP contribution is -2.24. The maximum absolute atomic E-state index is 12.6. The van der Waals surface area contributed by atoms with Crippen LogP contribution in [-0.2, 0) is 11.4 Å². The fraction of sp³-hybridized carbons (Fsp3) is 0.286. The molecule has 0 saturated carbocycles. The molecule has 30 heavy (non-hydrogen) atoms. The van der Waals surface area contributed by atoms with Crippen LogP contribution in [-0.4, -0.2) is 26.0 Å². The van der Waals surface area contributed by atoms with E-state index in [1.54, 1.807) is 19.1 Å². The minimum atomic E-state index is -0.442. The van der Waals surface area contributed by atoms with Crippen LogP contribution in [0.25, 0.3) is 0 Å². The van der Waals surface area contributed by atoms with E-state index in [-0.39, 0.29) is 12.5 Å². The second-order valence-corrected chi connectivity index (χ2v) is 8.76. The van der Waals surface area contributed by atoms with Crippen LogP contribution < -0.4 is 15.9 Å². The number of anilines is 1. The minimum Gasteiger partial charge on any atom is -0.486 e. The van der Waals surface area contributed by atoms with Crippen molar-refractivity contribution in [1.82, 2.24) is 14.9 Å². The highest BCUT2D eigenvalue weighted by molar-refractivity contribution is 8.00. The molecule has 0 radical (unpaired) electrons. The van der Waals surface area contributed by atoms with Gasteiger partial charge < -0.3 is 15.9 Å². The molecule has 1 amide bonds. The van der Waals surface area contributed by atoms with Crippen molar-refractivity contribution in [2.45, 2.75) is 44.7 Å². The lowest BCUT2D eigenvalue weighted by molar-refractivity contribution is -0.115. The van der Waals surface area contributed by atoms with Crippen molar-refractivity contribution in [3.63, 3.8) is 0 Å². The molecular weight excluding hydrogens is 422 g/mol. The quantitative estimate of drug-likeness (QED) is 0.416. The van der Waals surface area contributed by atoms with Crippen LogP contribution >= 0.6 is 23.4 Å². The molecule has 0 fully saturated rings. The molecule has 9 heteroatoms. The first kappa shape index (κ1) is 22.0. The summed E-state index contributed by atoms with van der Waals surface area (Å²) in [6.45, 7) is 7.83. The van der Waals surface area contributed by atoms with E-state index in [4.69, 9.17) is 22.2 Å². The fourth-order valence-corrected chi connectivity index (χ4v) is 3.80. The second-order valence-electron chi connectivity index (χ2n) is 7.04. The number of carbonyl (C=O) groups excluding carboxylic acids is 1. The van der Waals surface area contributed by atoms with Gasteiger partial charge in [-0.3, -0.25) is 4.79 Å². The average molecular weight is 446 g/mol. The molecule has 1 unspecified atom stereocenters. The molecule has 0 bridgehead atoms. The third-order valence-electron chi connectivity index (χ3n) is 4.48. The lowest BCUT2D eigenvalue weighted by Gasteiger charge is -2.13. The predicted molar refractivity (Wildman–Crippen MR) is 121 cm³/mol. The Balaban J connectivity index is 1.62. The summed E-state index contributed by atoms with van der Waals surface area (Å²) in [7, 11) is 0. The first-order valence-electron chi connectivity index (χ1n) is 9.37. The van der Waals surface area contributed by atoms with Crippen LogP contribution in [0.15, 0.2) is 41.6 Å². The van der Waals surface area contributed by atoms with E-state index < -0.39 is 5.25 Å². The largest absolute Gasteiger partial charge is 0.486 e. The van der Waals surface area contributed by atoms with Gasteiger partial charge in [0.2, 0.25) is 11.1 Å². The predicted octanol–water partition coefficient (Wildman–Crippen LogP) is 4.27. The molecule has 0 aliphatic heterocycles. The maximum atomic E-state index is 12.6. The molecule has 0 saturated heterocycles. The van der Waals surface area contributed by atoms with Crippen molar-refractivity contribution in [2.75, 3.05) is 11.2 Å². The topological polar surface area (TPSA) is 95.1 Å². The van der Waals surface area contributed by atoms with Crippen LogP contribution in [0.2, 0.25) is 5.02 Å². The second kappa shape index (κ2) is 9.40. The van der Waals surface area contributed by atoms with E-state index in [9.17, 15) is 4.79 Å². The highest BCUT2D eigenvalue weighted by Crippen LogP contribution is 2.26. The van der Waals surface area contributed by atoms with E-state index in [1.807, 2.05) is 39.0 Å². The number of nitrogen functional groups attached to an aromatic ring is 1. The number of aryl methyl sites for hydroxylation is 2. The van der Waals surface area contributed by atoms with Crippen molar-refractivity contribution in [3.05, 3.63) is 63.9 Å². The number of ether oxygens (including phenoxy) is 1. The summed E-state index contributed by atoms with van der Waals surface area (Å²) in [5.74, 6) is 7.15. The molecule has 0 aliphatic rings. The summed E-state index contributed by atoms with van der Waals surface area (Å²) in [5, 5.41) is 11.7. The smallest absolute Gasteiger partial charge is 0.237 e. The lowest BCUT2D eigenvalue weighted by atomic mass is 10.1. The summed E-state index contributed by atoms with van der Waals surface area (Å²) in [6, 6.07) is 11.4. The molecule has 3 N–H and O–H groups in total. The number of nitrogens with zero attached hydrogens (tertiary/aromatic N) is 3. The fourth-order valence-electron chi connectivity index (χ4n) is 2.84. The Hall–Kier alpha value is -2.71. The zero-order valence-corrected chi connectivity index (χ0v) is 18.8. The Morgan fingerprint density at radius 1 is 1.23 bits per heavy atom. The van der Waals surface area contributed by atoms with Crippen LogP contribution in [0.1, 0.15) is 29.4 Å². The maximum Gasteiger partial charge on any atom is 0.237 e. The number of carbonyl (C=O) groups is 1. The standard InChI is InChI=1S/C21H24ClN5O2S/c1-12-8-13(2)10-16(9-12)29-11-19-25-26-21(27(19)23)30-15(4)20(28)24-18-7-5-6-17(22)14(18)3/h5-10,15H,11,23H2,1-4H3,(H,24,28). The SMILES string of the molecule is Cc1cc(C)cc(OCc2nnc(SC(C)C(=O)Nc3cccc(Cl)c3C)n2N)c1. The van der Waals surface area contributed by atoms with Gasteiger partial charge in [-0.05, 0) is 68.7 Å². The first-order valence-corrected chi connectivity index (χ1v) is 10.6. The summed E-state index contributed by atoms with van der Waals surface area (Å²) < 4.78 is 7.15. The molecule has 1 aromatic heterocycles. The van der Waals surface area contributed by atoms with Crippen molar-refractivity contribution in [1.29, 1.82) is 0 Å². The summed E-state index contributed by atoms with van der Waals surface area (Å²) in [4.78, 5) is 12.6. The van der Waals surface area contributed by atoms with Crippen LogP contribution in [0.5, 0.6) is 5.75 Å². The monoisotopic (exact) mass is 445 g/mol. The molecular formula is C21H24ClN5O2S. The number of benzene rings is 2. The molecule has 0 spiro atoms. The van der Waals surface area contributed by atoms with Gasteiger partial charge in [-0.15, -0.1) is 10.2 Å². The van der Waals surface area contributed by atoms with Gasteiger partial charge in [-0.25, -0.2) is 4.68 Å². The van der Waals surface area contributed by atoms with Gasteiger partial charge in [0, 0.05) is 10.7 Å². The van der Waals surface area contributed by atoms with Gasteiger partial charge in [0.1, 0.15) is 12.4 Å². The van der Waals surface area contributed by atoms with Gasteiger partial charge >= 0.3 is 0 Å². The third-order valence-corrected chi connectivity index (χ3v) is 5.94. The Labute approximate surface area is 184 Å². The number of hydrogen-bond donors (Lipinski definition) is 2. The number of amides is 1. The zero-order chi connectivity index (χ0) is 21.8. The normalized spacial score (nSPS) is 11.9. The Bertz CT molecular complexity index is 1050. The summed E-state index contributed by atoms with van der Waals surface area (Å²) in [6.07, 6.45) is 0. The molecule has 1 atom stereocenters. The summed E-state index contributed by atoms with van der Waals surface area (Å²) >= 11 is 7.33. The number of aromatic nitrogens is 3. The average Bonchev–Trinajstić information content (AvgIpc) is 3.02. The van der Waals surface area contributed by atoms with Crippen LogP contribution in [0.3, 0.4) is 0 Å². The highest BCUT2D eigenvalue weighted by atomic mass is 35.5.